The van der Waals surface area contributed by atoms with E-state index in [4.69, 9.17) is 10.5 Å². The molecule has 0 aromatic carbocycles. The van der Waals surface area contributed by atoms with Gasteiger partial charge in [-0.3, -0.25) is 4.40 Å². The van der Waals surface area contributed by atoms with Crippen LogP contribution in [0, 0.1) is 0 Å². The van der Waals surface area contributed by atoms with Gasteiger partial charge in [0, 0.05) is 31.2 Å². The van der Waals surface area contributed by atoms with Crippen molar-refractivity contribution in [3.8, 4) is 0 Å². The number of aromatic nitrogens is 2. The number of morpholine rings is 1. The van der Waals surface area contributed by atoms with E-state index in [-0.39, 0.29) is 0 Å². The number of hydrogen-bond acceptors (Lipinski definition) is 5. The van der Waals surface area contributed by atoms with Crippen LogP contribution in [0.15, 0.2) is 11.6 Å². The third-order valence-electron chi connectivity index (χ3n) is 2.84. The van der Waals surface area contributed by atoms with Crippen molar-refractivity contribution in [1.82, 2.24) is 9.38 Å². The van der Waals surface area contributed by atoms with Crippen LogP contribution in [0.5, 0.6) is 0 Å². The van der Waals surface area contributed by atoms with Gasteiger partial charge in [-0.05, 0) is 0 Å². The quantitative estimate of drug-likeness (QED) is 0.836. The van der Waals surface area contributed by atoms with Crippen molar-refractivity contribution in [2.45, 2.75) is 6.54 Å². The van der Waals surface area contributed by atoms with Gasteiger partial charge in [0.15, 0.2) is 10.8 Å². The van der Waals surface area contributed by atoms with Crippen LogP contribution in [0.3, 0.4) is 0 Å². The number of hydrogen-bond donors (Lipinski definition) is 1. The molecule has 3 heterocycles. The number of thiazole rings is 1. The van der Waals surface area contributed by atoms with E-state index in [2.05, 4.69) is 14.3 Å². The number of nitrogens with two attached hydrogens (primary N) is 1. The average Bonchev–Trinajstić information content (AvgIpc) is 2.89. The van der Waals surface area contributed by atoms with Crippen molar-refractivity contribution in [2.75, 3.05) is 31.2 Å². The predicted octanol–water partition coefficient (Wildman–Crippen LogP) is 0.691. The summed E-state index contributed by atoms with van der Waals surface area (Å²) >= 11 is 1.64. The first-order valence-electron chi connectivity index (χ1n) is 5.37. The average molecular weight is 238 g/mol. The lowest BCUT2D eigenvalue weighted by Crippen LogP contribution is -2.37. The molecule has 2 aromatic heterocycles. The minimum Gasteiger partial charge on any atom is -0.378 e. The number of fused-ring (bicyclic) bond motifs is 1. The van der Waals surface area contributed by atoms with Crippen LogP contribution in [-0.4, -0.2) is 35.7 Å². The molecule has 0 unspecified atom stereocenters. The number of anilines is 1. The van der Waals surface area contributed by atoms with E-state index in [0.29, 0.717) is 6.54 Å². The number of imidazole rings is 1. The van der Waals surface area contributed by atoms with Gasteiger partial charge < -0.3 is 15.4 Å². The molecule has 86 valence electrons. The third-order valence-corrected chi connectivity index (χ3v) is 3.60. The van der Waals surface area contributed by atoms with Gasteiger partial charge in [0.2, 0.25) is 0 Å². The van der Waals surface area contributed by atoms with Crippen molar-refractivity contribution in [3.05, 3.63) is 17.3 Å². The zero-order valence-electron chi connectivity index (χ0n) is 8.93. The molecule has 1 aliphatic heterocycles. The van der Waals surface area contributed by atoms with Crippen LogP contribution < -0.4 is 10.6 Å². The fourth-order valence-electron chi connectivity index (χ4n) is 2.04. The van der Waals surface area contributed by atoms with Gasteiger partial charge in [0.05, 0.1) is 18.9 Å². The summed E-state index contributed by atoms with van der Waals surface area (Å²) in [6, 6.07) is 0. The highest BCUT2D eigenvalue weighted by Crippen LogP contribution is 2.24. The second kappa shape index (κ2) is 4.04. The third kappa shape index (κ3) is 1.50. The summed E-state index contributed by atoms with van der Waals surface area (Å²) in [6.45, 7) is 3.87. The Hall–Kier alpha value is -1.11. The van der Waals surface area contributed by atoms with E-state index in [0.717, 1.165) is 42.8 Å². The monoisotopic (exact) mass is 238 g/mol. The van der Waals surface area contributed by atoms with E-state index in [9.17, 15) is 0 Å². The van der Waals surface area contributed by atoms with Crippen LogP contribution in [-0.2, 0) is 11.3 Å². The van der Waals surface area contributed by atoms with Gasteiger partial charge in [-0.1, -0.05) is 0 Å². The predicted molar refractivity (Wildman–Crippen MR) is 64.0 cm³/mol. The summed E-state index contributed by atoms with van der Waals surface area (Å²) in [4.78, 5) is 7.91. The molecule has 1 saturated heterocycles. The van der Waals surface area contributed by atoms with Crippen LogP contribution in [0.1, 0.15) is 5.69 Å². The lowest BCUT2D eigenvalue weighted by Gasteiger charge is -2.27. The molecule has 5 nitrogen and oxygen atoms in total. The maximum absolute atomic E-state index is 5.81. The summed E-state index contributed by atoms with van der Waals surface area (Å²) in [5.74, 6) is 1.03. The molecule has 3 rings (SSSR count). The zero-order valence-corrected chi connectivity index (χ0v) is 9.74. The van der Waals surface area contributed by atoms with E-state index in [1.54, 1.807) is 11.3 Å². The summed E-state index contributed by atoms with van der Waals surface area (Å²) in [5.41, 5.74) is 6.91. The number of rotatable bonds is 2. The van der Waals surface area contributed by atoms with Crippen LogP contribution >= 0.6 is 11.3 Å². The molecule has 0 bridgehead atoms. The maximum atomic E-state index is 5.81. The Morgan fingerprint density at radius 3 is 3.00 bits per heavy atom. The molecule has 16 heavy (non-hydrogen) atoms. The first kappa shape index (κ1) is 10.1. The van der Waals surface area contributed by atoms with E-state index in [1.165, 1.54) is 0 Å². The van der Waals surface area contributed by atoms with Crippen LogP contribution in [0.4, 0.5) is 5.82 Å². The molecule has 0 saturated carbocycles. The molecule has 2 aromatic rings. The van der Waals surface area contributed by atoms with Gasteiger partial charge in [0.25, 0.3) is 0 Å². The molecule has 1 fully saturated rings. The zero-order chi connectivity index (χ0) is 11.0. The maximum Gasteiger partial charge on any atom is 0.195 e. The lowest BCUT2D eigenvalue weighted by atomic mass is 10.3. The van der Waals surface area contributed by atoms with E-state index >= 15 is 0 Å². The van der Waals surface area contributed by atoms with Crippen LogP contribution in [0.25, 0.3) is 4.96 Å². The lowest BCUT2D eigenvalue weighted by molar-refractivity contribution is 0.122. The smallest absolute Gasteiger partial charge is 0.195 e. The highest BCUT2D eigenvalue weighted by atomic mass is 32.1. The summed E-state index contributed by atoms with van der Waals surface area (Å²) < 4.78 is 7.42. The Bertz CT molecular complexity index is 486. The van der Waals surface area contributed by atoms with Gasteiger partial charge in [0.1, 0.15) is 0 Å². The van der Waals surface area contributed by atoms with Crippen molar-refractivity contribution in [2.24, 2.45) is 5.73 Å². The van der Waals surface area contributed by atoms with Crippen molar-refractivity contribution in [1.29, 1.82) is 0 Å². The topological polar surface area (TPSA) is 55.8 Å². The number of nitrogens with zero attached hydrogens (tertiary/aromatic N) is 3. The SMILES string of the molecule is NCc1c(N2CCOCC2)nc2sccn12. The molecular weight excluding hydrogens is 224 g/mol. The van der Waals surface area contributed by atoms with Crippen LogP contribution in [0.2, 0.25) is 0 Å². The molecule has 2 N–H and O–H groups in total. The molecule has 0 amide bonds. The second-order valence-electron chi connectivity index (χ2n) is 3.74. The molecule has 0 aliphatic carbocycles. The van der Waals surface area contributed by atoms with Gasteiger partial charge in [-0.25, -0.2) is 4.98 Å². The molecule has 1 aliphatic rings. The molecule has 6 heteroatoms. The highest BCUT2D eigenvalue weighted by Gasteiger charge is 2.19. The summed E-state index contributed by atoms with van der Waals surface area (Å²) in [5, 5.41) is 2.03. The highest BCUT2D eigenvalue weighted by molar-refractivity contribution is 7.15. The largest absolute Gasteiger partial charge is 0.378 e. The van der Waals surface area contributed by atoms with Gasteiger partial charge in [-0.15, -0.1) is 11.3 Å². The molecule has 0 spiro atoms. The van der Waals surface area contributed by atoms with Crippen molar-refractivity contribution in [3.63, 3.8) is 0 Å². The second-order valence-corrected chi connectivity index (χ2v) is 4.61. The Morgan fingerprint density at radius 1 is 1.44 bits per heavy atom. The van der Waals surface area contributed by atoms with E-state index in [1.807, 2.05) is 11.6 Å². The Balaban J connectivity index is 2.03. The Labute approximate surface area is 97.4 Å². The minimum absolute atomic E-state index is 0.518. The number of ether oxygens (including phenoxy) is 1. The summed E-state index contributed by atoms with van der Waals surface area (Å²) in [7, 11) is 0. The van der Waals surface area contributed by atoms with Gasteiger partial charge >= 0.3 is 0 Å². The first-order chi connectivity index (χ1) is 7.90. The van der Waals surface area contributed by atoms with Crippen molar-refractivity contribution >= 4 is 22.1 Å². The van der Waals surface area contributed by atoms with Crippen molar-refractivity contribution < 1.29 is 4.74 Å². The van der Waals surface area contributed by atoms with Gasteiger partial charge in [-0.2, -0.15) is 0 Å². The molecule has 0 atom stereocenters. The normalized spacial score (nSPS) is 17.2. The molecular formula is C10H14N4OS. The Morgan fingerprint density at radius 2 is 2.25 bits per heavy atom. The first-order valence-corrected chi connectivity index (χ1v) is 6.25. The fourth-order valence-corrected chi connectivity index (χ4v) is 2.77. The fraction of sp³-hybridized carbons (Fsp3) is 0.500. The molecule has 0 radical (unpaired) electrons. The standard InChI is InChI=1S/C10H14N4OS/c11-7-8-9(13-1-4-15-5-2-13)12-10-14(8)3-6-16-10/h3,6H,1-2,4-5,7,11H2. The summed E-state index contributed by atoms with van der Waals surface area (Å²) in [6.07, 6.45) is 2.03. The minimum atomic E-state index is 0.518. The Kier molecular flexibility index (Phi) is 2.55. The van der Waals surface area contributed by atoms with E-state index < -0.39 is 0 Å².